The number of benzene rings is 1. The van der Waals surface area contributed by atoms with Crippen LogP contribution >= 0.6 is 0 Å². The molecule has 2 aliphatic heterocycles. The van der Waals surface area contributed by atoms with Crippen molar-refractivity contribution in [3.63, 3.8) is 0 Å². The highest BCUT2D eigenvalue weighted by molar-refractivity contribution is 6.03. The van der Waals surface area contributed by atoms with Gasteiger partial charge in [0.25, 0.3) is 11.8 Å². The molecule has 2 saturated heterocycles. The van der Waals surface area contributed by atoms with Crippen molar-refractivity contribution in [3.05, 3.63) is 59.5 Å². The number of nitrogens with one attached hydrogen (secondary N) is 4. The van der Waals surface area contributed by atoms with Gasteiger partial charge in [0.1, 0.15) is 17.4 Å². The zero-order chi connectivity index (χ0) is 34.9. The Bertz CT molecular complexity index is 2040. The van der Waals surface area contributed by atoms with Gasteiger partial charge in [0.05, 0.1) is 17.6 Å². The van der Waals surface area contributed by atoms with Gasteiger partial charge in [-0.1, -0.05) is 13.0 Å². The number of nitrogens with zero attached hydrogens (tertiary/aromatic N) is 4. The summed E-state index contributed by atoms with van der Waals surface area (Å²) in [4.78, 5) is 60.8. The van der Waals surface area contributed by atoms with Crippen LogP contribution in [0.15, 0.2) is 42.6 Å². The van der Waals surface area contributed by atoms with Gasteiger partial charge in [-0.15, -0.1) is 0 Å². The highest BCUT2D eigenvalue weighted by atomic mass is 19.3. The molecule has 0 bridgehead atoms. The summed E-state index contributed by atoms with van der Waals surface area (Å²) >= 11 is 0. The van der Waals surface area contributed by atoms with Crippen molar-refractivity contribution in [2.45, 2.75) is 63.8 Å². The molecule has 14 heteroatoms. The summed E-state index contributed by atoms with van der Waals surface area (Å²) in [6.45, 7) is 3.24. The number of carbonyl (C=O) groups excluding carboxylic acids is 4. The van der Waals surface area contributed by atoms with Crippen molar-refractivity contribution < 1.29 is 28.0 Å². The number of halogens is 2. The fourth-order valence-corrected chi connectivity index (χ4v) is 7.99. The molecular weight excluding hydrogens is 646 g/mol. The van der Waals surface area contributed by atoms with Gasteiger partial charge in [0.2, 0.25) is 17.7 Å². The molecular formula is C36H38F2N8O4. The van der Waals surface area contributed by atoms with Crippen molar-refractivity contribution in [1.29, 1.82) is 0 Å². The molecule has 4 amide bonds. The van der Waals surface area contributed by atoms with E-state index in [0.717, 1.165) is 65.2 Å². The monoisotopic (exact) mass is 684 g/mol. The number of H-pyrrole nitrogens is 2. The largest absolute Gasteiger partial charge is 0.370 e. The topological polar surface area (TPSA) is 156 Å². The summed E-state index contributed by atoms with van der Waals surface area (Å²) in [5.41, 5.74) is 4.77. The number of hydrogen-bond donors (Lipinski definition) is 4. The molecule has 4 aliphatic rings. The van der Waals surface area contributed by atoms with E-state index in [0.29, 0.717) is 30.9 Å². The van der Waals surface area contributed by atoms with Gasteiger partial charge in [-0.05, 0) is 61.9 Å². The smallest absolute Gasteiger partial charge is 0.270 e. The van der Waals surface area contributed by atoms with Crippen LogP contribution in [0.3, 0.4) is 0 Å². The average Bonchev–Trinajstić information content (AvgIpc) is 3.70. The van der Waals surface area contributed by atoms with Gasteiger partial charge in [-0.3, -0.25) is 29.6 Å². The second kappa shape index (κ2) is 11.7. The molecule has 4 unspecified atom stereocenters. The van der Waals surface area contributed by atoms with E-state index in [1.807, 2.05) is 30.3 Å². The van der Waals surface area contributed by atoms with E-state index in [1.165, 1.54) is 0 Å². The third kappa shape index (κ3) is 5.41. The third-order valence-corrected chi connectivity index (χ3v) is 11.4. The van der Waals surface area contributed by atoms with Gasteiger partial charge >= 0.3 is 0 Å². The summed E-state index contributed by atoms with van der Waals surface area (Å²) in [5.74, 6) is -4.29. The lowest BCUT2D eigenvalue weighted by atomic mass is 9.87. The van der Waals surface area contributed by atoms with E-state index in [2.05, 4.69) is 35.7 Å². The van der Waals surface area contributed by atoms with Crippen molar-refractivity contribution in [2.75, 3.05) is 29.9 Å². The highest BCUT2D eigenvalue weighted by Crippen LogP contribution is 2.70. The van der Waals surface area contributed by atoms with Gasteiger partial charge in [0.15, 0.2) is 0 Å². The van der Waals surface area contributed by atoms with Crippen LogP contribution in [0.5, 0.6) is 0 Å². The Kier molecular flexibility index (Phi) is 7.53. The summed E-state index contributed by atoms with van der Waals surface area (Å²) < 4.78 is 28.9. The van der Waals surface area contributed by atoms with Crippen LogP contribution in [0, 0.1) is 17.3 Å². The Morgan fingerprint density at radius 3 is 2.76 bits per heavy atom. The van der Waals surface area contributed by atoms with Gasteiger partial charge < -0.3 is 20.1 Å². The normalized spacial score (nSPS) is 25.2. The predicted molar refractivity (Wildman–Crippen MR) is 181 cm³/mol. The fraction of sp³-hybridized carbons (Fsp3) is 0.444. The van der Waals surface area contributed by atoms with Crippen LogP contribution in [-0.4, -0.2) is 75.9 Å². The Balaban J connectivity index is 0.848. The number of hydrogen-bond acceptors (Lipinski definition) is 7. The molecule has 0 radical (unpaired) electrons. The molecule has 3 aromatic heterocycles. The maximum Gasteiger partial charge on any atom is 0.270 e. The number of amides is 4. The number of carbonyl (C=O) groups is 4. The van der Waals surface area contributed by atoms with Crippen molar-refractivity contribution in [2.24, 2.45) is 17.3 Å². The lowest BCUT2D eigenvalue weighted by Crippen LogP contribution is -2.52. The quantitative estimate of drug-likeness (QED) is 0.204. The first-order chi connectivity index (χ1) is 23.9. The summed E-state index contributed by atoms with van der Waals surface area (Å²) in [7, 11) is 1.77. The van der Waals surface area contributed by atoms with Crippen LogP contribution in [0.4, 0.5) is 20.2 Å². The van der Waals surface area contributed by atoms with Crippen LogP contribution in [0.2, 0.25) is 0 Å². The van der Waals surface area contributed by atoms with Crippen molar-refractivity contribution in [1.82, 2.24) is 30.8 Å². The van der Waals surface area contributed by atoms with E-state index in [1.54, 1.807) is 31.1 Å². The first-order valence-corrected chi connectivity index (χ1v) is 17.1. The molecule has 50 heavy (non-hydrogen) atoms. The Morgan fingerprint density at radius 2 is 1.98 bits per heavy atom. The molecule has 1 aromatic carbocycles. The number of imide groups is 1. The number of alkyl halides is 2. The summed E-state index contributed by atoms with van der Waals surface area (Å²) in [6.07, 6.45) is 4.73. The molecule has 5 heterocycles. The van der Waals surface area contributed by atoms with E-state index in [4.69, 9.17) is 0 Å². The standard InChI is InChI=1S/C36H38F2N8O4/c1-35-16-28-23(15-29(35)36(35,37)38)32(44-43-28)27-13-20-4-5-21(14-26(20)40-27)45(2)31(48)10-3-19-11-12-46(18-19)22-6-7-24(39-17-22)33(49)41-25-8-9-30(47)42-34(25)50/h4-7,13-14,17,19,25,29,40H,3,8-12,15-16,18H2,1-2H3,(H,41,49)(H,43,44)(H,42,47,50). The number of aromatic nitrogens is 4. The molecule has 2 aliphatic carbocycles. The fourth-order valence-electron chi connectivity index (χ4n) is 7.99. The molecule has 4 aromatic rings. The molecule has 3 fully saturated rings. The number of rotatable bonds is 8. The molecule has 4 N–H and O–H groups in total. The van der Waals surface area contributed by atoms with E-state index in [-0.39, 0.29) is 30.3 Å². The maximum atomic E-state index is 14.4. The Morgan fingerprint density at radius 1 is 1.14 bits per heavy atom. The second-order valence-electron chi connectivity index (χ2n) is 14.4. The lowest BCUT2D eigenvalue weighted by molar-refractivity contribution is -0.134. The SMILES string of the molecule is CN(C(=O)CCC1CCN(c2ccc(C(=O)NC3CCC(=O)NC3=O)nc2)C1)c1ccc2cc(-c3n[nH]c4c3CC3C(F)(F)C3(C)C4)[nH]c2c1. The van der Waals surface area contributed by atoms with Crippen LogP contribution in [-0.2, 0) is 27.2 Å². The number of fused-ring (bicyclic) bond motifs is 3. The number of anilines is 2. The van der Waals surface area contributed by atoms with Crippen molar-refractivity contribution >= 4 is 45.9 Å². The number of pyridine rings is 1. The van der Waals surface area contributed by atoms with E-state index < -0.39 is 35.1 Å². The minimum Gasteiger partial charge on any atom is -0.370 e. The van der Waals surface area contributed by atoms with Crippen LogP contribution < -0.4 is 20.4 Å². The van der Waals surface area contributed by atoms with E-state index in [9.17, 15) is 28.0 Å². The third-order valence-electron chi connectivity index (χ3n) is 11.4. The predicted octanol–water partition coefficient (Wildman–Crippen LogP) is 4.13. The zero-order valence-electron chi connectivity index (χ0n) is 27.8. The van der Waals surface area contributed by atoms with Gasteiger partial charge in [-0.25, -0.2) is 13.8 Å². The number of piperidine rings is 1. The molecule has 4 atom stereocenters. The average molecular weight is 685 g/mol. The second-order valence-corrected chi connectivity index (χ2v) is 14.4. The minimum atomic E-state index is -2.65. The Hall–Kier alpha value is -5.14. The first-order valence-electron chi connectivity index (χ1n) is 17.1. The van der Waals surface area contributed by atoms with Gasteiger partial charge in [-0.2, -0.15) is 5.10 Å². The molecule has 0 spiro atoms. The van der Waals surface area contributed by atoms with Crippen LogP contribution in [0.1, 0.15) is 60.8 Å². The maximum absolute atomic E-state index is 14.4. The lowest BCUT2D eigenvalue weighted by Gasteiger charge is -2.22. The van der Waals surface area contributed by atoms with Gasteiger partial charge in [0, 0.05) is 78.6 Å². The highest BCUT2D eigenvalue weighted by Gasteiger charge is 2.78. The minimum absolute atomic E-state index is 0.0115. The Labute approximate surface area is 286 Å². The number of aromatic amines is 2. The van der Waals surface area contributed by atoms with E-state index >= 15 is 0 Å². The molecule has 8 rings (SSSR count). The summed E-state index contributed by atoms with van der Waals surface area (Å²) in [6, 6.07) is 10.5. The first kappa shape index (κ1) is 32.1. The van der Waals surface area contributed by atoms with Crippen LogP contribution in [0.25, 0.3) is 22.3 Å². The molecule has 1 saturated carbocycles. The summed E-state index contributed by atoms with van der Waals surface area (Å²) in [5, 5.41) is 13.3. The molecule has 12 nitrogen and oxygen atoms in total. The zero-order valence-corrected chi connectivity index (χ0v) is 27.8. The molecule has 260 valence electrons. The van der Waals surface area contributed by atoms with Crippen molar-refractivity contribution in [3.8, 4) is 11.4 Å².